The molecule has 3 nitrogen and oxygen atoms in total. The lowest BCUT2D eigenvalue weighted by atomic mass is 10.4. The lowest BCUT2D eigenvalue weighted by molar-refractivity contribution is -0.126. The maximum atomic E-state index is 10.4. The Morgan fingerprint density at radius 2 is 2.71 bits per heavy atom. The van der Waals surface area contributed by atoms with Gasteiger partial charge in [0.2, 0.25) is 0 Å². The molecule has 0 saturated carbocycles. The van der Waals surface area contributed by atoms with Crippen molar-refractivity contribution in [2.45, 2.75) is 0 Å². The van der Waals surface area contributed by atoms with Crippen LogP contribution >= 0.6 is 11.9 Å². The van der Waals surface area contributed by atoms with Gasteiger partial charge < -0.3 is 0 Å². The van der Waals surface area contributed by atoms with Crippen LogP contribution in [0.1, 0.15) is 0 Å². The summed E-state index contributed by atoms with van der Waals surface area (Å²) in [4.78, 5) is 14.0. The minimum atomic E-state index is 0.102. The van der Waals surface area contributed by atoms with E-state index in [4.69, 9.17) is 0 Å². The van der Waals surface area contributed by atoms with E-state index >= 15 is 0 Å². The van der Waals surface area contributed by atoms with Crippen molar-refractivity contribution in [3.05, 3.63) is 11.1 Å². The summed E-state index contributed by atoms with van der Waals surface area (Å²) in [5, 5.41) is 1.46. The Balaban J connectivity index is 2.49. The summed E-state index contributed by atoms with van der Waals surface area (Å²) in [6.45, 7) is 0. The third kappa shape index (κ3) is 0.251. The molecule has 3 aliphatic heterocycles. The van der Waals surface area contributed by atoms with E-state index in [1.807, 2.05) is 0 Å². The maximum Gasteiger partial charge on any atom is 0.282 e. The molecule has 36 valence electrons. The molecular formula is C3H2N2OS. The molecule has 0 radical (unpaired) electrons. The highest BCUT2D eigenvalue weighted by molar-refractivity contribution is 8.02. The zero-order chi connectivity index (χ0) is 4.85. The van der Waals surface area contributed by atoms with Crippen LogP contribution in [0, 0.1) is 0 Å². The lowest BCUT2D eigenvalue weighted by Gasteiger charge is -2.11. The van der Waals surface area contributed by atoms with E-state index in [0.717, 1.165) is 4.91 Å². The smallest absolute Gasteiger partial charge is 0.266 e. The SMILES string of the molecule is O=C1C2=CN1NS2. The van der Waals surface area contributed by atoms with Crippen LogP contribution in [0.5, 0.6) is 0 Å². The molecule has 1 saturated heterocycles. The third-order valence-electron chi connectivity index (χ3n) is 0.930. The second kappa shape index (κ2) is 0.850. The number of hydrogen-bond acceptors (Lipinski definition) is 3. The summed E-state index contributed by atoms with van der Waals surface area (Å²) in [5.74, 6) is 0.102. The van der Waals surface area contributed by atoms with Gasteiger partial charge in [-0.05, 0) is 11.9 Å². The van der Waals surface area contributed by atoms with Crippen molar-refractivity contribution < 1.29 is 4.79 Å². The molecule has 1 N–H and O–H groups in total. The van der Waals surface area contributed by atoms with Crippen molar-refractivity contribution in [2.24, 2.45) is 0 Å². The average molecular weight is 114 g/mol. The standard InChI is InChI=1S/C3H2N2OS/c6-3-2-1-5(3)4-7-2/h1,4H. The highest BCUT2D eigenvalue weighted by Crippen LogP contribution is 2.31. The van der Waals surface area contributed by atoms with Gasteiger partial charge in [-0.3, -0.25) is 4.79 Å². The van der Waals surface area contributed by atoms with Gasteiger partial charge >= 0.3 is 0 Å². The molecule has 0 aliphatic carbocycles. The fraction of sp³-hybridized carbons (Fsp3) is 0. The van der Waals surface area contributed by atoms with Crippen molar-refractivity contribution in [1.82, 2.24) is 9.84 Å². The number of carbonyl (C=O) groups excluding carboxylic acids is 1. The lowest BCUT2D eigenvalue weighted by Crippen LogP contribution is -2.32. The summed E-state index contributed by atoms with van der Waals surface area (Å²) in [6.07, 6.45) is 1.77. The Morgan fingerprint density at radius 1 is 1.86 bits per heavy atom. The zero-order valence-electron chi connectivity index (χ0n) is 3.34. The molecule has 7 heavy (non-hydrogen) atoms. The Hall–Kier alpha value is -0.480. The van der Waals surface area contributed by atoms with Crippen molar-refractivity contribution in [3.63, 3.8) is 0 Å². The fourth-order valence-corrected chi connectivity index (χ4v) is 1.20. The zero-order valence-corrected chi connectivity index (χ0v) is 4.16. The number of amides is 1. The fourth-order valence-electron chi connectivity index (χ4n) is 0.520. The van der Waals surface area contributed by atoms with E-state index in [2.05, 4.69) is 4.83 Å². The molecule has 4 heteroatoms. The Bertz CT molecular complexity index is 164. The summed E-state index contributed by atoms with van der Waals surface area (Å²) in [5.41, 5.74) is 0. The van der Waals surface area contributed by atoms with E-state index in [0.29, 0.717) is 0 Å². The molecule has 0 atom stereocenters. The van der Waals surface area contributed by atoms with Gasteiger partial charge in [0.25, 0.3) is 5.91 Å². The van der Waals surface area contributed by atoms with E-state index in [9.17, 15) is 4.79 Å². The highest BCUT2D eigenvalue weighted by Gasteiger charge is 2.35. The molecule has 0 aromatic carbocycles. The van der Waals surface area contributed by atoms with Gasteiger partial charge in [0.05, 0.1) is 0 Å². The minimum absolute atomic E-state index is 0.102. The third-order valence-corrected chi connectivity index (χ3v) is 1.72. The van der Waals surface area contributed by atoms with Crippen molar-refractivity contribution >= 4 is 17.9 Å². The number of hydrazine groups is 1. The van der Waals surface area contributed by atoms with Crippen molar-refractivity contribution in [1.29, 1.82) is 0 Å². The molecule has 0 spiro atoms. The van der Waals surface area contributed by atoms with E-state index in [1.54, 1.807) is 6.20 Å². The van der Waals surface area contributed by atoms with Crippen LogP contribution in [-0.2, 0) is 4.79 Å². The second-order valence-electron chi connectivity index (χ2n) is 1.36. The van der Waals surface area contributed by atoms with Crippen LogP contribution in [0.25, 0.3) is 0 Å². The molecule has 1 amide bonds. The summed E-state index contributed by atoms with van der Waals surface area (Å²) in [7, 11) is 0. The van der Waals surface area contributed by atoms with E-state index in [-0.39, 0.29) is 5.91 Å². The molecule has 2 bridgehead atoms. The van der Waals surface area contributed by atoms with Gasteiger partial charge in [-0.25, -0.2) is 5.01 Å². The first-order valence-electron chi connectivity index (χ1n) is 1.86. The first-order chi connectivity index (χ1) is 3.38. The highest BCUT2D eigenvalue weighted by atomic mass is 32.2. The Labute approximate surface area is 44.5 Å². The van der Waals surface area contributed by atoms with Crippen LogP contribution < -0.4 is 4.83 Å². The molecule has 1 fully saturated rings. The minimum Gasteiger partial charge on any atom is -0.266 e. The predicted octanol–water partition coefficient (Wildman–Crippen LogP) is -0.164. The largest absolute Gasteiger partial charge is 0.282 e. The van der Waals surface area contributed by atoms with Crippen LogP contribution in [0.2, 0.25) is 0 Å². The van der Waals surface area contributed by atoms with E-state index < -0.39 is 0 Å². The molecule has 3 rings (SSSR count). The summed E-state index contributed by atoms with van der Waals surface area (Å²) >= 11 is 1.37. The van der Waals surface area contributed by atoms with Gasteiger partial charge in [-0.15, -0.1) is 0 Å². The molecule has 0 aromatic rings. The number of nitrogens with zero attached hydrogens (tertiary/aromatic N) is 1. The van der Waals surface area contributed by atoms with Crippen LogP contribution in [0.15, 0.2) is 11.1 Å². The van der Waals surface area contributed by atoms with Crippen LogP contribution in [0.3, 0.4) is 0 Å². The first kappa shape index (κ1) is 3.51. The number of fused-ring (bicyclic) bond motifs is 1. The molecule has 3 aliphatic rings. The molecule has 0 aromatic heterocycles. The number of carbonyl (C=O) groups is 1. The van der Waals surface area contributed by atoms with Crippen molar-refractivity contribution in [2.75, 3.05) is 0 Å². The van der Waals surface area contributed by atoms with Gasteiger partial charge in [0.15, 0.2) is 0 Å². The number of hydrogen-bond donors (Lipinski definition) is 1. The van der Waals surface area contributed by atoms with Crippen LogP contribution in [0.4, 0.5) is 0 Å². The Kier molecular flexibility index (Phi) is 0.426. The predicted molar refractivity (Wildman–Crippen MR) is 25.7 cm³/mol. The second-order valence-corrected chi connectivity index (χ2v) is 2.19. The quantitative estimate of drug-likeness (QED) is 0.444. The van der Waals surface area contributed by atoms with Gasteiger partial charge in [-0.1, -0.05) is 0 Å². The maximum absolute atomic E-state index is 10.4. The molecule has 0 unspecified atom stereocenters. The Morgan fingerprint density at radius 3 is 2.86 bits per heavy atom. The topological polar surface area (TPSA) is 32.3 Å². The van der Waals surface area contributed by atoms with Crippen LogP contribution in [-0.4, -0.2) is 10.9 Å². The average Bonchev–Trinajstić information content (AvgIpc) is 2.18. The first-order valence-corrected chi connectivity index (χ1v) is 2.67. The van der Waals surface area contributed by atoms with Gasteiger partial charge in [0.1, 0.15) is 4.91 Å². The summed E-state index contributed by atoms with van der Waals surface area (Å²) in [6, 6.07) is 0. The van der Waals surface area contributed by atoms with E-state index in [1.165, 1.54) is 17.0 Å². The molecular weight excluding hydrogens is 112 g/mol. The normalized spacial score (nSPS) is 24.9. The monoisotopic (exact) mass is 114 g/mol. The number of rotatable bonds is 0. The molecule has 3 heterocycles. The summed E-state index contributed by atoms with van der Waals surface area (Å²) < 4.78 is 0. The van der Waals surface area contributed by atoms with Gasteiger partial charge in [0, 0.05) is 6.20 Å². The number of nitrogens with one attached hydrogen (secondary N) is 1. The van der Waals surface area contributed by atoms with Gasteiger partial charge in [-0.2, -0.15) is 4.83 Å². The van der Waals surface area contributed by atoms with Crippen molar-refractivity contribution in [3.8, 4) is 0 Å².